The number of rotatable bonds is 10. The molecule has 0 saturated carbocycles. The topological polar surface area (TPSA) is 96.1 Å². The van der Waals surface area contributed by atoms with E-state index in [0.717, 1.165) is 25.7 Å². The van der Waals surface area contributed by atoms with Crippen molar-refractivity contribution in [2.24, 2.45) is 5.92 Å². The van der Waals surface area contributed by atoms with Gasteiger partial charge >= 0.3 is 0 Å². The maximum absolute atomic E-state index is 12.9. The Labute approximate surface area is 172 Å². The first-order valence-electron chi connectivity index (χ1n) is 10.2. The molecule has 158 valence electrons. The summed E-state index contributed by atoms with van der Waals surface area (Å²) in [6.45, 7) is 5.79. The Morgan fingerprint density at radius 1 is 1.24 bits per heavy atom. The summed E-state index contributed by atoms with van der Waals surface area (Å²) >= 11 is 0. The molecule has 7 heteroatoms. The van der Waals surface area contributed by atoms with Crippen molar-refractivity contribution in [3.8, 4) is 17.1 Å². The summed E-state index contributed by atoms with van der Waals surface area (Å²) in [5, 5.41) is 5.81. The molecule has 0 aliphatic rings. The molecule has 1 aromatic heterocycles. The predicted molar refractivity (Wildman–Crippen MR) is 118 cm³/mol. The van der Waals surface area contributed by atoms with Gasteiger partial charge in [-0.05, 0) is 24.5 Å². The third-order valence-corrected chi connectivity index (χ3v) is 4.92. The molecule has 0 unspecified atom stereocenters. The number of anilines is 2. The Hall–Kier alpha value is -2.83. The fourth-order valence-electron chi connectivity index (χ4n) is 3.64. The lowest BCUT2D eigenvalue weighted by Gasteiger charge is -2.17. The van der Waals surface area contributed by atoms with Crippen LogP contribution in [0.25, 0.3) is 11.4 Å². The number of carbonyl (C=O) groups excluding carboxylic acids is 1. The van der Waals surface area contributed by atoms with E-state index in [1.807, 2.05) is 0 Å². The summed E-state index contributed by atoms with van der Waals surface area (Å²) in [5.74, 6) is 1.84. The zero-order valence-corrected chi connectivity index (χ0v) is 18.0. The van der Waals surface area contributed by atoms with Gasteiger partial charge in [-0.15, -0.1) is 0 Å². The third-order valence-electron chi connectivity index (χ3n) is 4.92. The number of hydrogen-bond donors (Lipinski definition) is 3. The lowest BCUT2D eigenvalue weighted by Crippen LogP contribution is -2.21. The second-order valence-corrected chi connectivity index (χ2v) is 7.24. The number of benzene rings is 1. The maximum Gasteiger partial charge on any atom is 0.256 e. The van der Waals surface area contributed by atoms with Crippen LogP contribution in [0.1, 0.15) is 52.0 Å². The smallest absolute Gasteiger partial charge is 0.256 e. The number of carbonyl (C=O) groups is 1. The molecule has 2 rings (SSSR count). The molecule has 29 heavy (non-hydrogen) atoms. The summed E-state index contributed by atoms with van der Waals surface area (Å²) in [6, 6.07) is 5.24. The highest BCUT2D eigenvalue weighted by Crippen LogP contribution is 2.31. The lowest BCUT2D eigenvalue weighted by molar-refractivity contribution is -0.114. The molecule has 1 heterocycles. The largest absolute Gasteiger partial charge is 0.496 e. The Kier molecular flexibility index (Phi) is 8.24. The second-order valence-electron chi connectivity index (χ2n) is 7.24. The van der Waals surface area contributed by atoms with Gasteiger partial charge in [-0.3, -0.25) is 9.59 Å². The Morgan fingerprint density at radius 2 is 1.93 bits per heavy atom. The van der Waals surface area contributed by atoms with E-state index in [9.17, 15) is 9.59 Å². The molecule has 0 spiro atoms. The number of ether oxygens (including phenoxy) is 1. The zero-order valence-electron chi connectivity index (χ0n) is 18.0. The minimum Gasteiger partial charge on any atom is -0.496 e. The van der Waals surface area contributed by atoms with Crippen LogP contribution in [0, 0.1) is 5.92 Å². The highest BCUT2D eigenvalue weighted by molar-refractivity contribution is 5.89. The molecule has 0 fully saturated rings. The average molecular weight is 401 g/mol. The van der Waals surface area contributed by atoms with Crippen molar-refractivity contribution in [3.63, 3.8) is 0 Å². The maximum atomic E-state index is 12.9. The van der Waals surface area contributed by atoms with Gasteiger partial charge in [0.2, 0.25) is 5.91 Å². The molecule has 3 N–H and O–H groups in total. The van der Waals surface area contributed by atoms with Gasteiger partial charge < -0.3 is 20.4 Å². The van der Waals surface area contributed by atoms with Crippen molar-refractivity contribution >= 4 is 17.4 Å². The van der Waals surface area contributed by atoms with Crippen LogP contribution in [0.2, 0.25) is 0 Å². The molecule has 0 bridgehead atoms. The van der Waals surface area contributed by atoms with E-state index in [2.05, 4.69) is 34.4 Å². The number of H-pyrrole nitrogens is 1. The van der Waals surface area contributed by atoms with Gasteiger partial charge in [-0.2, -0.15) is 0 Å². The van der Waals surface area contributed by atoms with Gasteiger partial charge in [0.15, 0.2) is 0 Å². The van der Waals surface area contributed by atoms with Crippen LogP contribution in [-0.2, 0) is 11.2 Å². The van der Waals surface area contributed by atoms with E-state index in [0.29, 0.717) is 46.5 Å². The molecule has 7 nitrogen and oxygen atoms in total. The van der Waals surface area contributed by atoms with Gasteiger partial charge in [0.05, 0.1) is 18.2 Å². The van der Waals surface area contributed by atoms with E-state index in [-0.39, 0.29) is 11.5 Å². The van der Waals surface area contributed by atoms with E-state index in [1.54, 1.807) is 32.4 Å². The Morgan fingerprint density at radius 3 is 2.48 bits per heavy atom. The monoisotopic (exact) mass is 400 g/mol. The summed E-state index contributed by atoms with van der Waals surface area (Å²) in [6.07, 6.45) is 5.09. The van der Waals surface area contributed by atoms with Crippen molar-refractivity contribution in [2.45, 2.75) is 52.9 Å². The standard InChI is InChI=1S/C22H32N4O3/c1-6-8-15(9-7-2)12-18-20(23-4)25-21(26-22(18)28)17-11-10-16(24-14(3)27)13-19(17)29-5/h10-11,13,15H,6-9,12H2,1-5H3,(H,24,27)(H2,23,25,26,28). The number of nitrogens with zero attached hydrogens (tertiary/aromatic N) is 1. The van der Waals surface area contributed by atoms with Crippen LogP contribution in [0.15, 0.2) is 23.0 Å². The van der Waals surface area contributed by atoms with Crippen molar-refractivity contribution in [3.05, 3.63) is 34.1 Å². The first-order valence-corrected chi connectivity index (χ1v) is 10.2. The summed E-state index contributed by atoms with van der Waals surface area (Å²) < 4.78 is 5.46. The minimum absolute atomic E-state index is 0.135. The Bertz CT molecular complexity index is 886. The molecule has 0 aliphatic carbocycles. The first-order chi connectivity index (χ1) is 13.9. The number of hydrogen-bond acceptors (Lipinski definition) is 5. The number of nitrogens with one attached hydrogen (secondary N) is 3. The van der Waals surface area contributed by atoms with Crippen LogP contribution in [0.4, 0.5) is 11.5 Å². The average Bonchev–Trinajstić information content (AvgIpc) is 2.69. The molecule has 0 atom stereocenters. The van der Waals surface area contributed by atoms with Crippen LogP contribution in [0.3, 0.4) is 0 Å². The van der Waals surface area contributed by atoms with Crippen LogP contribution in [0.5, 0.6) is 5.75 Å². The minimum atomic E-state index is -0.165. The molecule has 1 amide bonds. The first kappa shape index (κ1) is 22.5. The molecule has 2 aromatic rings. The van der Waals surface area contributed by atoms with E-state index in [4.69, 9.17) is 4.74 Å². The van der Waals surface area contributed by atoms with Gasteiger partial charge in [-0.1, -0.05) is 39.5 Å². The third kappa shape index (κ3) is 5.82. The SMILES string of the molecule is CCCC(CCC)Cc1c(NC)nc(-c2ccc(NC(C)=O)cc2OC)[nH]c1=O. The molecular formula is C22H32N4O3. The second kappa shape index (κ2) is 10.6. The van der Waals surface area contributed by atoms with E-state index >= 15 is 0 Å². The quantitative estimate of drug-likeness (QED) is 0.555. The van der Waals surface area contributed by atoms with E-state index < -0.39 is 0 Å². The van der Waals surface area contributed by atoms with E-state index in [1.165, 1.54) is 6.92 Å². The van der Waals surface area contributed by atoms with Crippen molar-refractivity contribution in [1.29, 1.82) is 0 Å². The number of aromatic nitrogens is 2. The molecule has 0 saturated heterocycles. The number of methoxy groups -OCH3 is 1. The van der Waals surface area contributed by atoms with Gasteiger partial charge in [-0.25, -0.2) is 4.98 Å². The fourth-order valence-corrected chi connectivity index (χ4v) is 3.64. The normalized spacial score (nSPS) is 10.8. The molecule has 0 radical (unpaired) electrons. The summed E-state index contributed by atoms with van der Waals surface area (Å²) in [5.41, 5.74) is 1.83. The summed E-state index contributed by atoms with van der Waals surface area (Å²) in [4.78, 5) is 31.8. The van der Waals surface area contributed by atoms with Gasteiger partial charge in [0, 0.05) is 25.7 Å². The lowest BCUT2D eigenvalue weighted by atomic mass is 9.91. The van der Waals surface area contributed by atoms with Crippen LogP contribution in [-0.4, -0.2) is 30.0 Å². The highest BCUT2D eigenvalue weighted by atomic mass is 16.5. The van der Waals surface area contributed by atoms with Crippen LogP contribution < -0.4 is 20.9 Å². The van der Waals surface area contributed by atoms with Crippen molar-refractivity contribution in [2.75, 3.05) is 24.8 Å². The highest BCUT2D eigenvalue weighted by Gasteiger charge is 2.18. The molecule has 1 aromatic carbocycles. The summed E-state index contributed by atoms with van der Waals surface area (Å²) in [7, 11) is 3.32. The van der Waals surface area contributed by atoms with Crippen molar-refractivity contribution in [1.82, 2.24) is 9.97 Å². The number of aromatic amines is 1. The molecule has 0 aliphatic heterocycles. The Balaban J connectivity index is 2.44. The van der Waals surface area contributed by atoms with Crippen molar-refractivity contribution < 1.29 is 9.53 Å². The zero-order chi connectivity index (χ0) is 21.4. The fraction of sp³-hybridized carbons (Fsp3) is 0.500. The van der Waals surface area contributed by atoms with Gasteiger partial charge in [0.1, 0.15) is 17.4 Å². The molecular weight excluding hydrogens is 368 g/mol. The van der Waals surface area contributed by atoms with Crippen LogP contribution >= 0.6 is 0 Å². The number of amides is 1. The van der Waals surface area contributed by atoms with Gasteiger partial charge in [0.25, 0.3) is 5.56 Å². The predicted octanol–water partition coefficient (Wildman–Crippen LogP) is 4.20.